The second kappa shape index (κ2) is 7.45. The molecule has 158 valence electrons. The van der Waals surface area contributed by atoms with Crippen molar-refractivity contribution in [3.05, 3.63) is 0 Å². The van der Waals surface area contributed by atoms with Crippen molar-refractivity contribution >= 4 is 12.4 Å². The summed E-state index contributed by atoms with van der Waals surface area (Å²) in [5.41, 5.74) is -0.0266. The molecule has 0 amide bonds. The van der Waals surface area contributed by atoms with E-state index in [9.17, 15) is 10.2 Å². The molecule has 0 radical (unpaired) electrons. The van der Waals surface area contributed by atoms with E-state index in [4.69, 9.17) is 0 Å². The van der Waals surface area contributed by atoms with Crippen LogP contribution in [-0.2, 0) is 0 Å². The third-order valence-corrected chi connectivity index (χ3v) is 9.76. The largest absolute Gasteiger partial charge is 0.393 e. The fraction of sp³-hybridized carbons (Fsp3) is 1.00. The maximum Gasteiger partial charge on any atom is 0.0827 e. The van der Waals surface area contributed by atoms with Gasteiger partial charge in [-0.2, -0.15) is 0 Å². The van der Waals surface area contributed by atoms with Crippen molar-refractivity contribution in [2.24, 2.45) is 34.5 Å². The molecule has 4 fully saturated rings. The van der Waals surface area contributed by atoms with Crippen LogP contribution in [0.5, 0.6) is 0 Å². The molecule has 8 unspecified atom stereocenters. The Morgan fingerprint density at radius 1 is 0.963 bits per heavy atom. The molecule has 0 saturated heterocycles. The van der Waals surface area contributed by atoms with Crippen LogP contribution < -0.4 is 5.32 Å². The highest BCUT2D eigenvalue weighted by Gasteiger charge is 2.64. The van der Waals surface area contributed by atoms with E-state index in [0.29, 0.717) is 17.4 Å². The Labute approximate surface area is 172 Å². The van der Waals surface area contributed by atoms with Gasteiger partial charge in [-0.3, -0.25) is 0 Å². The topological polar surface area (TPSA) is 52.5 Å². The van der Waals surface area contributed by atoms with Crippen molar-refractivity contribution in [1.82, 2.24) is 5.32 Å². The van der Waals surface area contributed by atoms with Crippen molar-refractivity contribution in [3.63, 3.8) is 0 Å². The van der Waals surface area contributed by atoms with Crippen LogP contribution in [0.15, 0.2) is 0 Å². The van der Waals surface area contributed by atoms with Crippen LogP contribution in [-0.4, -0.2) is 34.5 Å². The fourth-order valence-electron chi connectivity index (χ4n) is 8.01. The number of rotatable bonds is 3. The minimum atomic E-state index is -0.534. The third-order valence-electron chi connectivity index (χ3n) is 9.76. The van der Waals surface area contributed by atoms with Crippen LogP contribution in [0.25, 0.3) is 0 Å². The third kappa shape index (κ3) is 3.29. The van der Waals surface area contributed by atoms with Crippen LogP contribution in [0.2, 0.25) is 0 Å². The first-order chi connectivity index (χ1) is 12.2. The minimum absolute atomic E-state index is 0. The maximum absolute atomic E-state index is 11.6. The molecular weight excluding hydrogens is 358 g/mol. The molecule has 4 saturated carbocycles. The Kier molecular flexibility index (Phi) is 6.04. The number of fused-ring (bicyclic) bond motifs is 5. The van der Waals surface area contributed by atoms with Crippen molar-refractivity contribution < 1.29 is 10.2 Å². The molecule has 4 rings (SSSR count). The zero-order valence-electron chi connectivity index (χ0n) is 17.8. The molecular formula is C23H42ClNO2. The standard InChI is InChI=1S/C23H41NO2.ClH/c1-15(2)24-14-23(26)12-9-20-18-6-5-16-13-17(25)7-10-21(16,3)19(18)8-11-22(20,23)4;/h15-20,24-26H,5-14H2,1-4H3;1H. The maximum atomic E-state index is 11.6. The fourth-order valence-corrected chi connectivity index (χ4v) is 8.01. The molecule has 8 atom stereocenters. The SMILES string of the molecule is CC(C)NCC1(O)CCC2C3CCC4CC(O)CCC4(C)C3CCC21C.Cl. The molecule has 4 heteroatoms. The summed E-state index contributed by atoms with van der Waals surface area (Å²) in [6.45, 7) is 10.1. The van der Waals surface area contributed by atoms with E-state index in [1.165, 1.54) is 38.5 Å². The highest BCUT2D eigenvalue weighted by Crippen LogP contribution is 2.68. The van der Waals surface area contributed by atoms with Crippen LogP contribution in [0.4, 0.5) is 0 Å². The lowest BCUT2D eigenvalue weighted by molar-refractivity contribution is -0.157. The molecule has 0 aromatic carbocycles. The van der Waals surface area contributed by atoms with Crippen molar-refractivity contribution in [2.45, 2.75) is 103 Å². The number of aliphatic hydroxyl groups excluding tert-OH is 1. The Balaban J connectivity index is 0.00000210. The quantitative estimate of drug-likeness (QED) is 0.652. The monoisotopic (exact) mass is 399 g/mol. The van der Waals surface area contributed by atoms with Gasteiger partial charge in [0.25, 0.3) is 0 Å². The van der Waals surface area contributed by atoms with Gasteiger partial charge in [0.1, 0.15) is 0 Å². The smallest absolute Gasteiger partial charge is 0.0827 e. The van der Waals surface area contributed by atoms with Gasteiger partial charge in [0, 0.05) is 18.0 Å². The van der Waals surface area contributed by atoms with E-state index in [-0.39, 0.29) is 23.9 Å². The number of halogens is 1. The highest BCUT2D eigenvalue weighted by molar-refractivity contribution is 5.85. The van der Waals surface area contributed by atoms with Crippen LogP contribution in [0, 0.1) is 34.5 Å². The van der Waals surface area contributed by atoms with Crippen LogP contribution >= 0.6 is 12.4 Å². The molecule has 3 N–H and O–H groups in total. The number of nitrogens with one attached hydrogen (secondary N) is 1. The van der Waals surface area contributed by atoms with Gasteiger partial charge >= 0.3 is 0 Å². The average Bonchev–Trinajstić information content (AvgIpc) is 2.86. The summed E-state index contributed by atoms with van der Waals surface area (Å²) in [5, 5.41) is 25.3. The predicted octanol–water partition coefficient (Wildman–Crippen LogP) is 4.54. The summed E-state index contributed by atoms with van der Waals surface area (Å²) in [5.74, 6) is 3.01. The van der Waals surface area contributed by atoms with Gasteiger partial charge in [-0.25, -0.2) is 0 Å². The number of aliphatic hydroxyl groups is 2. The Hall–Kier alpha value is 0.170. The Morgan fingerprint density at radius 3 is 2.37 bits per heavy atom. The molecule has 4 aliphatic carbocycles. The molecule has 0 spiro atoms. The van der Waals surface area contributed by atoms with Gasteiger partial charge in [0.2, 0.25) is 0 Å². The first kappa shape index (κ1) is 21.9. The Morgan fingerprint density at radius 2 is 1.67 bits per heavy atom. The lowest BCUT2D eigenvalue weighted by Gasteiger charge is -2.61. The second-order valence-electron chi connectivity index (χ2n) is 11.1. The predicted molar refractivity (Wildman–Crippen MR) is 113 cm³/mol. The van der Waals surface area contributed by atoms with Crippen molar-refractivity contribution in [2.75, 3.05) is 6.54 Å². The van der Waals surface area contributed by atoms with E-state index in [1.807, 2.05) is 0 Å². The first-order valence-corrected chi connectivity index (χ1v) is 11.3. The first-order valence-electron chi connectivity index (χ1n) is 11.3. The summed E-state index contributed by atoms with van der Waals surface area (Å²) in [6, 6.07) is 0.432. The lowest BCUT2D eigenvalue weighted by Crippen LogP contribution is -2.59. The molecule has 0 aliphatic heterocycles. The minimum Gasteiger partial charge on any atom is -0.393 e. The number of hydrogen-bond donors (Lipinski definition) is 3. The van der Waals surface area contributed by atoms with Crippen molar-refractivity contribution in [1.29, 1.82) is 0 Å². The summed E-state index contributed by atoms with van der Waals surface area (Å²) in [7, 11) is 0. The molecule has 0 aromatic rings. The van der Waals surface area contributed by atoms with Crippen LogP contribution in [0.3, 0.4) is 0 Å². The van der Waals surface area contributed by atoms with Gasteiger partial charge in [0.05, 0.1) is 11.7 Å². The zero-order valence-corrected chi connectivity index (χ0v) is 18.7. The summed E-state index contributed by atoms with van der Waals surface area (Å²) >= 11 is 0. The molecule has 4 aliphatic rings. The van der Waals surface area contributed by atoms with Gasteiger partial charge in [-0.15, -0.1) is 12.4 Å². The zero-order chi connectivity index (χ0) is 18.7. The summed E-state index contributed by atoms with van der Waals surface area (Å²) in [6.07, 6.45) is 10.4. The normalized spacial score (nSPS) is 51.9. The van der Waals surface area contributed by atoms with E-state index < -0.39 is 5.60 Å². The molecule has 0 bridgehead atoms. The van der Waals surface area contributed by atoms with E-state index >= 15 is 0 Å². The van der Waals surface area contributed by atoms with E-state index in [2.05, 4.69) is 33.0 Å². The second-order valence-corrected chi connectivity index (χ2v) is 11.1. The summed E-state index contributed by atoms with van der Waals surface area (Å²) < 4.78 is 0. The molecule has 3 nitrogen and oxygen atoms in total. The summed E-state index contributed by atoms with van der Waals surface area (Å²) in [4.78, 5) is 0. The number of hydrogen-bond acceptors (Lipinski definition) is 3. The Bertz CT molecular complexity index is 542. The molecule has 27 heavy (non-hydrogen) atoms. The molecule has 0 heterocycles. The molecule has 0 aromatic heterocycles. The van der Waals surface area contributed by atoms with E-state index in [1.54, 1.807) is 0 Å². The van der Waals surface area contributed by atoms with Gasteiger partial charge in [-0.1, -0.05) is 27.7 Å². The van der Waals surface area contributed by atoms with Gasteiger partial charge in [-0.05, 0) is 86.9 Å². The van der Waals surface area contributed by atoms with Crippen LogP contribution in [0.1, 0.15) is 85.5 Å². The lowest BCUT2D eigenvalue weighted by atomic mass is 9.44. The van der Waals surface area contributed by atoms with E-state index in [0.717, 1.165) is 43.6 Å². The average molecular weight is 400 g/mol. The van der Waals surface area contributed by atoms with Crippen molar-refractivity contribution in [3.8, 4) is 0 Å². The highest BCUT2D eigenvalue weighted by atomic mass is 35.5. The van der Waals surface area contributed by atoms with Gasteiger partial charge < -0.3 is 15.5 Å². The van der Waals surface area contributed by atoms with Gasteiger partial charge in [0.15, 0.2) is 0 Å².